The highest BCUT2D eigenvalue weighted by atomic mass is 16.5. The average molecular weight is 336 g/mol. The number of methoxy groups -OCH3 is 2. The number of ketones is 2. The summed E-state index contributed by atoms with van der Waals surface area (Å²) in [6.07, 6.45) is 4.17. The van der Waals surface area contributed by atoms with E-state index in [-0.39, 0.29) is 23.1 Å². The Kier molecular flexibility index (Phi) is 6.96. The van der Waals surface area contributed by atoms with Gasteiger partial charge in [0.15, 0.2) is 0 Å². The highest BCUT2D eigenvalue weighted by Gasteiger charge is 2.35. The van der Waals surface area contributed by atoms with Gasteiger partial charge in [-0.1, -0.05) is 11.6 Å². The van der Waals surface area contributed by atoms with Crippen LogP contribution in [-0.2, 0) is 19.1 Å². The second-order valence-electron chi connectivity index (χ2n) is 6.65. The fourth-order valence-electron chi connectivity index (χ4n) is 2.68. The van der Waals surface area contributed by atoms with Crippen LogP contribution in [0.4, 0.5) is 0 Å². The van der Waals surface area contributed by atoms with Crippen LogP contribution in [0.5, 0.6) is 0 Å². The van der Waals surface area contributed by atoms with Gasteiger partial charge < -0.3 is 14.6 Å². The molecule has 0 aliphatic heterocycles. The zero-order valence-corrected chi connectivity index (χ0v) is 15.5. The van der Waals surface area contributed by atoms with Crippen LogP contribution >= 0.6 is 0 Å². The van der Waals surface area contributed by atoms with Crippen molar-refractivity contribution >= 4 is 11.6 Å². The molecule has 1 N–H and O–H groups in total. The first-order valence-electron chi connectivity index (χ1n) is 8.11. The van der Waals surface area contributed by atoms with Crippen molar-refractivity contribution in [3.8, 4) is 0 Å². The van der Waals surface area contributed by atoms with Gasteiger partial charge in [0.1, 0.15) is 0 Å². The topological polar surface area (TPSA) is 72.8 Å². The van der Waals surface area contributed by atoms with Crippen molar-refractivity contribution in [2.24, 2.45) is 0 Å². The van der Waals surface area contributed by atoms with Gasteiger partial charge in [0.2, 0.25) is 23.1 Å². The van der Waals surface area contributed by atoms with Gasteiger partial charge in [-0.05, 0) is 53.4 Å². The quantitative estimate of drug-likeness (QED) is 0.544. The molecule has 1 unspecified atom stereocenters. The molecule has 0 amide bonds. The lowest BCUT2D eigenvalue weighted by Crippen LogP contribution is -2.28. The summed E-state index contributed by atoms with van der Waals surface area (Å²) in [5, 5.41) is 10.5. The SMILES string of the molecule is COC1=C(OC)C(=O)C(CCC(C)(O)CCC=C(C)C)=C(C)C1=O. The summed E-state index contributed by atoms with van der Waals surface area (Å²) in [5.74, 6) is -0.800. The number of allylic oxidation sites excluding steroid dienone is 4. The van der Waals surface area contributed by atoms with Crippen LogP contribution in [0.25, 0.3) is 0 Å². The Hall–Kier alpha value is -1.88. The van der Waals surface area contributed by atoms with E-state index in [2.05, 4.69) is 6.08 Å². The van der Waals surface area contributed by atoms with Crippen LogP contribution in [0.3, 0.4) is 0 Å². The minimum absolute atomic E-state index is 0.0564. The number of rotatable bonds is 8. The van der Waals surface area contributed by atoms with Crippen molar-refractivity contribution in [2.75, 3.05) is 14.2 Å². The molecule has 0 aromatic rings. The molecule has 134 valence electrons. The molecule has 5 nitrogen and oxygen atoms in total. The summed E-state index contributed by atoms with van der Waals surface area (Å²) in [6.45, 7) is 7.39. The first-order chi connectivity index (χ1) is 11.1. The summed E-state index contributed by atoms with van der Waals surface area (Å²) in [7, 11) is 2.68. The fraction of sp³-hybridized carbons (Fsp3) is 0.579. The van der Waals surface area contributed by atoms with Crippen molar-refractivity contribution in [1.82, 2.24) is 0 Å². The lowest BCUT2D eigenvalue weighted by atomic mass is 9.85. The molecular formula is C19H28O5. The van der Waals surface area contributed by atoms with Gasteiger partial charge >= 0.3 is 0 Å². The molecule has 5 heteroatoms. The highest BCUT2D eigenvalue weighted by molar-refractivity contribution is 6.23. The van der Waals surface area contributed by atoms with Gasteiger partial charge in [0.25, 0.3) is 0 Å². The molecule has 0 saturated carbocycles. The van der Waals surface area contributed by atoms with Crippen molar-refractivity contribution in [2.45, 2.75) is 59.0 Å². The van der Waals surface area contributed by atoms with E-state index in [1.807, 2.05) is 13.8 Å². The van der Waals surface area contributed by atoms with E-state index in [1.165, 1.54) is 19.8 Å². The fourth-order valence-corrected chi connectivity index (χ4v) is 2.68. The van der Waals surface area contributed by atoms with Crippen LogP contribution < -0.4 is 0 Å². The molecule has 0 radical (unpaired) electrons. The lowest BCUT2D eigenvalue weighted by molar-refractivity contribution is -0.121. The van der Waals surface area contributed by atoms with E-state index in [9.17, 15) is 14.7 Å². The molecule has 0 aromatic heterocycles. The molecule has 1 aliphatic rings. The third-order valence-corrected chi connectivity index (χ3v) is 4.24. The lowest BCUT2D eigenvalue weighted by Gasteiger charge is -2.25. The van der Waals surface area contributed by atoms with Crippen LogP contribution in [0.1, 0.15) is 53.4 Å². The Morgan fingerprint density at radius 1 is 1.08 bits per heavy atom. The largest absolute Gasteiger partial charge is 0.489 e. The molecule has 0 heterocycles. The van der Waals surface area contributed by atoms with E-state index in [0.717, 1.165) is 6.42 Å². The number of hydrogen-bond acceptors (Lipinski definition) is 5. The van der Waals surface area contributed by atoms with Crippen molar-refractivity contribution in [3.05, 3.63) is 34.3 Å². The summed E-state index contributed by atoms with van der Waals surface area (Å²) in [4.78, 5) is 24.8. The predicted molar refractivity (Wildman–Crippen MR) is 92.3 cm³/mol. The molecule has 0 saturated heterocycles. The summed E-state index contributed by atoms with van der Waals surface area (Å²) < 4.78 is 10.1. The van der Waals surface area contributed by atoms with Gasteiger partial charge in [-0.15, -0.1) is 0 Å². The number of carbonyl (C=O) groups excluding carboxylic acids is 2. The standard InChI is InChI=1S/C19H28O5/c1-12(2)8-7-10-19(4,22)11-9-14-13(3)15(20)17(23-5)18(24-6)16(14)21/h8,22H,7,9-11H2,1-6H3. The Bertz CT molecular complexity index is 601. The summed E-state index contributed by atoms with van der Waals surface area (Å²) in [5.41, 5.74) is 1.05. The van der Waals surface area contributed by atoms with Gasteiger partial charge in [0, 0.05) is 11.1 Å². The molecule has 1 rings (SSSR count). The van der Waals surface area contributed by atoms with Crippen LogP contribution in [0, 0.1) is 0 Å². The Labute approximate surface area is 144 Å². The minimum atomic E-state index is -0.902. The smallest absolute Gasteiger partial charge is 0.228 e. The number of aliphatic hydroxyl groups is 1. The third kappa shape index (κ3) is 4.81. The number of carbonyl (C=O) groups is 2. The molecule has 24 heavy (non-hydrogen) atoms. The third-order valence-electron chi connectivity index (χ3n) is 4.24. The monoisotopic (exact) mass is 336 g/mol. The first-order valence-corrected chi connectivity index (χ1v) is 8.11. The number of ether oxygens (including phenoxy) is 2. The van der Waals surface area contributed by atoms with Gasteiger partial charge in [-0.25, -0.2) is 0 Å². The van der Waals surface area contributed by atoms with Crippen molar-refractivity contribution in [3.63, 3.8) is 0 Å². The maximum atomic E-state index is 12.5. The second-order valence-corrected chi connectivity index (χ2v) is 6.65. The zero-order valence-electron chi connectivity index (χ0n) is 15.5. The van der Waals surface area contributed by atoms with Crippen LogP contribution in [0.15, 0.2) is 34.3 Å². The number of hydrogen-bond donors (Lipinski definition) is 1. The van der Waals surface area contributed by atoms with E-state index < -0.39 is 5.60 Å². The van der Waals surface area contributed by atoms with E-state index in [0.29, 0.717) is 30.4 Å². The highest BCUT2D eigenvalue weighted by Crippen LogP contribution is 2.31. The predicted octanol–water partition coefficient (Wildman–Crippen LogP) is 3.24. The maximum absolute atomic E-state index is 12.5. The van der Waals surface area contributed by atoms with Gasteiger partial charge in [-0.3, -0.25) is 9.59 Å². The van der Waals surface area contributed by atoms with Crippen molar-refractivity contribution in [1.29, 1.82) is 0 Å². The molecular weight excluding hydrogens is 308 g/mol. The Balaban J connectivity index is 2.87. The second kappa shape index (κ2) is 8.29. The molecule has 0 aromatic carbocycles. The molecule has 0 fully saturated rings. The first kappa shape index (κ1) is 20.2. The van der Waals surface area contributed by atoms with Gasteiger partial charge in [-0.2, -0.15) is 0 Å². The molecule has 1 atom stereocenters. The van der Waals surface area contributed by atoms with E-state index in [4.69, 9.17) is 9.47 Å². The van der Waals surface area contributed by atoms with Crippen LogP contribution in [-0.4, -0.2) is 36.5 Å². The average Bonchev–Trinajstić information content (AvgIpc) is 2.49. The Morgan fingerprint density at radius 3 is 2.12 bits per heavy atom. The summed E-state index contributed by atoms with van der Waals surface area (Å²) >= 11 is 0. The van der Waals surface area contributed by atoms with E-state index in [1.54, 1.807) is 13.8 Å². The normalized spacial score (nSPS) is 17.8. The summed E-state index contributed by atoms with van der Waals surface area (Å²) in [6, 6.07) is 0. The Morgan fingerprint density at radius 2 is 1.62 bits per heavy atom. The van der Waals surface area contributed by atoms with Crippen LogP contribution in [0.2, 0.25) is 0 Å². The molecule has 0 bridgehead atoms. The molecule has 1 aliphatic carbocycles. The van der Waals surface area contributed by atoms with Crippen molar-refractivity contribution < 1.29 is 24.2 Å². The molecule has 0 spiro atoms. The number of Topliss-reactive ketones (excluding diaryl/α,β-unsaturated/α-hetero) is 2. The maximum Gasteiger partial charge on any atom is 0.228 e. The zero-order chi connectivity index (χ0) is 18.5. The van der Waals surface area contributed by atoms with Gasteiger partial charge in [0.05, 0.1) is 19.8 Å². The minimum Gasteiger partial charge on any atom is -0.489 e. The van der Waals surface area contributed by atoms with E-state index >= 15 is 0 Å².